The van der Waals surface area contributed by atoms with Gasteiger partial charge in [0.05, 0.1) is 8.07 Å². The van der Waals surface area contributed by atoms with E-state index in [-0.39, 0.29) is 20.1 Å². The van der Waals surface area contributed by atoms with Crippen molar-refractivity contribution in [3.05, 3.63) is 151 Å². The number of fused-ring (bicyclic) bond motifs is 4. The van der Waals surface area contributed by atoms with Gasteiger partial charge in [-0.15, -0.1) is 59.7 Å². The quantitative estimate of drug-likeness (QED) is 0.131. The third kappa shape index (κ3) is 6.76. The average Bonchev–Trinajstić information content (AvgIpc) is 3.48. The van der Waals surface area contributed by atoms with Gasteiger partial charge in [-0.05, 0) is 55.5 Å². The molecule has 0 atom stereocenters. The van der Waals surface area contributed by atoms with E-state index in [1.54, 1.807) is 0 Å². The van der Waals surface area contributed by atoms with Gasteiger partial charge in [-0.1, -0.05) is 116 Å². The molecule has 0 bridgehead atoms. The van der Waals surface area contributed by atoms with E-state index >= 15 is 0 Å². The molecule has 2 nitrogen and oxygen atoms in total. The zero-order chi connectivity index (χ0) is 31.7. The smallest absolute Gasteiger partial charge is 0.0798 e. The summed E-state index contributed by atoms with van der Waals surface area (Å²) in [7, 11) is -1.27. The van der Waals surface area contributed by atoms with E-state index < -0.39 is 8.07 Å². The molecule has 0 aliphatic carbocycles. The number of hydrogen-bond acceptors (Lipinski definition) is 3. The minimum atomic E-state index is -1.27. The Hall–Kier alpha value is -4.25. The molecule has 0 aliphatic heterocycles. The van der Waals surface area contributed by atoms with Crippen LogP contribution in [0, 0.1) is 19.1 Å². The molecule has 0 amide bonds. The third-order valence-electron chi connectivity index (χ3n) is 8.33. The van der Waals surface area contributed by atoms with Crippen LogP contribution in [0.4, 0.5) is 0 Å². The summed E-state index contributed by atoms with van der Waals surface area (Å²) in [5.41, 5.74) is 8.02. The Labute approximate surface area is 295 Å². The summed E-state index contributed by atoms with van der Waals surface area (Å²) < 4.78 is 2.56. The first-order valence-electron chi connectivity index (χ1n) is 15.6. The summed E-state index contributed by atoms with van der Waals surface area (Å²) in [5.74, 6) is 0. The Balaban J connectivity index is 0.000000185. The monoisotopic (exact) mass is 819 g/mol. The topological polar surface area (TPSA) is 25.8 Å². The molecular formula is C42H34IrN2SSi-2. The van der Waals surface area contributed by atoms with E-state index in [0.29, 0.717) is 0 Å². The second-order valence-corrected chi connectivity index (χ2v) is 18.6. The van der Waals surface area contributed by atoms with E-state index in [1.165, 1.54) is 47.4 Å². The fourth-order valence-electron chi connectivity index (χ4n) is 6.06. The van der Waals surface area contributed by atoms with E-state index in [2.05, 4.69) is 141 Å². The Morgan fingerprint density at radius 2 is 1.34 bits per heavy atom. The van der Waals surface area contributed by atoms with Crippen molar-refractivity contribution < 1.29 is 20.1 Å². The van der Waals surface area contributed by atoms with Crippen LogP contribution in [0.15, 0.2) is 134 Å². The van der Waals surface area contributed by atoms with Crippen LogP contribution in [0.25, 0.3) is 64.6 Å². The van der Waals surface area contributed by atoms with Crippen LogP contribution in [0.5, 0.6) is 0 Å². The van der Waals surface area contributed by atoms with E-state index in [9.17, 15) is 0 Å². The van der Waals surface area contributed by atoms with Crippen LogP contribution in [-0.2, 0) is 20.1 Å². The number of rotatable bonds is 4. The predicted octanol–water partition coefficient (Wildman–Crippen LogP) is 11.1. The normalized spacial score (nSPS) is 11.2. The van der Waals surface area contributed by atoms with E-state index in [1.807, 2.05) is 47.9 Å². The number of aryl methyl sites for hydroxylation is 1. The third-order valence-corrected chi connectivity index (χ3v) is 11.7. The largest absolute Gasteiger partial charge is 0.305 e. The Kier molecular flexibility index (Phi) is 9.63. The predicted molar refractivity (Wildman–Crippen MR) is 201 cm³/mol. The number of nitrogens with zero attached hydrogens (tertiary/aromatic N) is 2. The average molecular weight is 819 g/mol. The van der Waals surface area contributed by atoms with Gasteiger partial charge in [-0.25, -0.2) is 0 Å². The van der Waals surface area contributed by atoms with Gasteiger partial charge in [0, 0.05) is 37.2 Å². The standard InChI is InChI=1S/C27H16NS.C15H18NSi.Ir/c1-2-8-18(9-3-1)21-12-6-13-22-23-14-7-15-24(27(23)29-26(21)22)25-16-19-10-4-5-11-20(19)17-28-25;1-12-10-14(13-8-6-5-7-9-13)16-11-15(12)17(2,3)4;/h1-14,16-17H;5-8,10-11H,1-4H3;/q2*-1;. The first kappa shape index (κ1) is 32.7. The van der Waals surface area contributed by atoms with Gasteiger partial charge in [-0.3, -0.25) is 0 Å². The zero-order valence-corrected chi connectivity index (χ0v) is 31.0. The van der Waals surface area contributed by atoms with Crippen molar-refractivity contribution in [3.63, 3.8) is 0 Å². The first-order chi connectivity index (χ1) is 22.4. The van der Waals surface area contributed by atoms with Crippen LogP contribution in [0.1, 0.15) is 5.56 Å². The summed E-state index contributed by atoms with van der Waals surface area (Å²) >= 11 is 1.84. The number of pyridine rings is 2. The molecule has 47 heavy (non-hydrogen) atoms. The van der Waals surface area contributed by atoms with Crippen molar-refractivity contribution in [2.24, 2.45) is 0 Å². The fraction of sp³-hybridized carbons (Fsp3) is 0.0952. The molecule has 0 fully saturated rings. The Morgan fingerprint density at radius 1 is 0.617 bits per heavy atom. The minimum Gasteiger partial charge on any atom is -0.305 e. The molecule has 233 valence electrons. The van der Waals surface area contributed by atoms with Crippen LogP contribution in [-0.4, -0.2) is 18.0 Å². The zero-order valence-electron chi connectivity index (χ0n) is 26.8. The van der Waals surface area contributed by atoms with Crippen molar-refractivity contribution in [3.8, 4) is 33.6 Å². The van der Waals surface area contributed by atoms with Crippen molar-refractivity contribution in [2.75, 3.05) is 0 Å². The van der Waals surface area contributed by atoms with Crippen LogP contribution in [0.2, 0.25) is 19.6 Å². The molecule has 0 spiro atoms. The number of hydrogen-bond donors (Lipinski definition) is 0. The summed E-state index contributed by atoms with van der Waals surface area (Å²) in [5, 5.41) is 6.37. The molecule has 0 unspecified atom stereocenters. The van der Waals surface area contributed by atoms with Gasteiger partial charge in [0.15, 0.2) is 0 Å². The van der Waals surface area contributed by atoms with Gasteiger partial charge in [0.25, 0.3) is 0 Å². The van der Waals surface area contributed by atoms with Gasteiger partial charge in [0.2, 0.25) is 0 Å². The van der Waals surface area contributed by atoms with E-state index in [4.69, 9.17) is 4.98 Å². The molecule has 0 saturated carbocycles. The maximum absolute atomic E-state index is 4.75. The maximum Gasteiger partial charge on any atom is 0.0798 e. The van der Waals surface area contributed by atoms with Crippen LogP contribution in [0.3, 0.4) is 0 Å². The second kappa shape index (κ2) is 13.8. The second-order valence-electron chi connectivity index (χ2n) is 12.6. The summed E-state index contributed by atoms with van der Waals surface area (Å²) in [6, 6.07) is 48.8. The number of thiophene rings is 1. The molecule has 5 aromatic carbocycles. The molecule has 3 aromatic heterocycles. The molecule has 1 radical (unpaired) electrons. The maximum atomic E-state index is 4.75. The molecule has 3 heterocycles. The van der Waals surface area contributed by atoms with E-state index in [0.717, 1.165) is 27.9 Å². The fourth-order valence-corrected chi connectivity index (χ4v) is 9.11. The van der Waals surface area contributed by atoms with Crippen molar-refractivity contribution in [1.29, 1.82) is 0 Å². The number of benzene rings is 5. The molecule has 8 rings (SSSR count). The Bertz CT molecular complexity index is 2310. The molecule has 0 saturated heterocycles. The summed E-state index contributed by atoms with van der Waals surface area (Å²) in [6.45, 7) is 9.24. The van der Waals surface area contributed by atoms with Gasteiger partial charge in [0.1, 0.15) is 0 Å². The Morgan fingerprint density at radius 3 is 2.09 bits per heavy atom. The van der Waals surface area contributed by atoms with Crippen molar-refractivity contribution >= 4 is 55.5 Å². The first-order valence-corrected chi connectivity index (χ1v) is 19.9. The number of aromatic nitrogens is 2. The van der Waals surface area contributed by atoms with Gasteiger partial charge < -0.3 is 9.97 Å². The van der Waals surface area contributed by atoms with Crippen LogP contribution < -0.4 is 5.19 Å². The van der Waals surface area contributed by atoms with Crippen LogP contribution >= 0.6 is 11.3 Å². The molecule has 0 aliphatic rings. The van der Waals surface area contributed by atoms with Crippen molar-refractivity contribution in [2.45, 2.75) is 26.6 Å². The SMILES string of the molecule is Cc1cc(-c2[c-]cccc2)ncc1[Si](C)(C)C.[Ir].[c-]1ccc2c(sc3c(-c4ccccc4)cccc32)c1-c1cc2ccccc2cn1. The molecule has 5 heteroatoms. The van der Waals surface area contributed by atoms with Crippen molar-refractivity contribution in [1.82, 2.24) is 9.97 Å². The van der Waals surface area contributed by atoms with Gasteiger partial charge >= 0.3 is 0 Å². The molecule has 8 aromatic rings. The summed E-state index contributed by atoms with van der Waals surface area (Å²) in [6.07, 6.45) is 4.01. The minimum absolute atomic E-state index is 0. The molecular weight excluding hydrogens is 785 g/mol. The summed E-state index contributed by atoms with van der Waals surface area (Å²) in [4.78, 5) is 9.33. The van der Waals surface area contributed by atoms with Gasteiger partial charge in [-0.2, -0.15) is 11.3 Å². The molecule has 0 N–H and O–H groups in total.